The molecule has 2 unspecified atom stereocenters. The van der Waals surface area contributed by atoms with E-state index in [1.807, 2.05) is 19.3 Å². The van der Waals surface area contributed by atoms with Crippen molar-refractivity contribution in [2.45, 2.75) is 31.5 Å². The number of hydrogen-bond acceptors (Lipinski definition) is 3. The van der Waals surface area contributed by atoms with Gasteiger partial charge in [0.1, 0.15) is 0 Å². The van der Waals surface area contributed by atoms with Gasteiger partial charge in [-0.15, -0.1) is 0 Å². The van der Waals surface area contributed by atoms with Crippen LogP contribution in [0.25, 0.3) is 16.8 Å². The normalized spacial score (nSPS) is 22.8. The summed E-state index contributed by atoms with van der Waals surface area (Å²) in [6.45, 7) is 0. The van der Waals surface area contributed by atoms with E-state index in [9.17, 15) is 4.79 Å². The Bertz CT molecular complexity index is 801. The molecule has 4 heteroatoms. The van der Waals surface area contributed by atoms with E-state index in [-0.39, 0.29) is 18.2 Å². The van der Waals surface area contributed by atoms with E-state index in [4.69, 9.17) is 9.47 Å². The summed E-state index contributed by atoms with van der Waals surface area (Å²) in [7, 11) is 3.48. The van der Waals surface area contributed by atoms with Crippen LogP contribution in [0.3, 0.4) is 0 Å². The summed E-state index contributed by atoms with van der Waals surface area (Å²) in [6, 6.07) is 12.6. The molecule has 0 spiro atoms. The molecule has 1 fully saturated rings. The molecule has 2 aliphatic rings. The average Bonchev–Trinajstić information content (AvgIpc) is 3.20. The lowest BCUT2D eigenvalue weighted by Crippen LogP contribution is -2.26. The minimum absolute atomic E-state index is 0.112. The highest BCUT2D eigenvalue weighted by molar-refractivity contribution is 5.99. The Hall–Kier alpha value is -2.33. The first kappa shape index (κ1) is 15.2. The van der Waals surface area contributed by atoms with Crippen molar-refractivity contribution in [2.24, 2.45) is 7.05 Å². The summed E-state index contributed by atoms with van der Waals surface area (Å²) in [6.07, 6.45) is 4.85. The minimum Gasteiger partial charge on any atom is -0.466 e. The van der Waals surface area contributed by atoms with E-state index < -0.39 is 0 Å². The maximum atomic E-state index is 12.3. The van der Waals surface area contributed by atoms with Crippen molar-refractivity contribution in [1.29, 1.82) is 0 Å². The SMILES string of the molecule is COC(=O)C1=C(c2ccc(-c3cccn3C)cc2)CC2CCC1O2. The number of hydrogen-bond donors (Lipinski definition) is 0. The van der Waals surface area contributed by atoms with Crippen molar-refractivity contribution in [3.05, 3.63) is 53.7 Å². The molecule has 0 amide bonds. The van der Waals surface area contributed by atoms with Crippen LogP contribution in [0.5, 0.6) is 0 Å². The Balaban J connectivity index is 1.73. The summed E-state index contributed by atoms with van der Waals surface area (Å²) in [5.74, 6) is -0.262. The second kappa shape index (κ2) is 5.95. The number of carbonyl (C=O) groups excluding carboxylic acids is 1. The second-order valence-corrected chi connectivity index (χ2v) is 6.49. The number of methoxy groups -OCH3 is 1. The molecule has 24 heavy (non-hydrogen) atoms. The lowest BCUT2D eigenvalue weighted by molar-refractivity contribution is -0.137. The van der Waals surface area contributed by atoms with Crippen LogP contribution in [-0.2, 0) is 21.3 Å². The molecular weight excluding hydrogens is 302 g/mol. The van der Waals surface area contributed by atoms with E-state index >= 15 is 0 Å². The van der Waals surface area contributed by atoms with Gasteiger partial charge in [0.2, 0.25) is 0 Å². The Morgan fingerprint density at radius 3 is 2.58 bits per heavy atom. The minimum atomic E-state index is -0.262. The predicted octanol–water partition coefficient (Wildman–Crippen LogP) is 3.57. The fourth-order valence-corrected chi connectivity index (χ4v) is 3.84. The van der Waals surface area contributed by atoms with Crippen molar-refractivity contribution < 1.29 is 14.3 Å². The molecule has 1 aromatic heterocycles. The first-order valence-corrected chi connectivity index (χ1v) is 8.36. The van der Waals surface area contributed by atoms with Gasteiger partial charge in [-0.3, -0.25) is 0 Å². The number of rotatable bonds is 3. The van der Waals surface area contributed by atoms with Crippen LogP contribution in [-0.4, -0.2) is 29.9 Å². The summed E-state index contributed by atoms with van der Waals surface area (Å²) in [4.78, 5) is 12.3. The van der Waals surface area contributed by atoms with E-state index in [0.29, 0.717) is 5.57 Å². The maximum absolute atomic E-state index is 12.3. The van der Waals surface area contributed by atoms with Gasteiger partial charge in [-0.05, 0) is 48.1 Å². The molecule has 124 valence electrons. The highest BCUT2D eigenvalue weighted by atomic mass is 16.5. The Kier molecular flexibility index (Phi) is 3.77. The van der Waals surface area contributed by atoms with Crippen molar-refractivity contribution >= 4 is 11.5 Å². The van der Waals surface area contributed by atoms with Crippen molar-refractivity contribution in [3.8, 4) is 11.3 Å². The van der Waals surface area contributed by atoms with Crippen molar-refractivity contribution in [1.82, 2.24) is 4.57 Å². The van der Waals surface area contributed by atoms with Crippen LogP contribution in [0.15, 0.2) is 48.2 Å². The first-order valence-electron chi connectivity index (χ1n) is 8.36. The third kappa shape index (κ3) is 2.47. The Morgan fingerprint density at radius 2 is 1.92 bits per heavy atom. The Morgan fingerprint density at radius 1 is 1.17 bits per heavy atom. The van der Waals surface area contributed by atoms with E-state index in [1.165, 1.54) is 18.4 Å². The number of carbonyl (C=O) groups is 1. The quantitative estimate of drug-likeness (QED) is 0.811. The molecule has 4 rings (SSSR count). The zero-order valence-corrected chi connectivity index (χ0v) is 14.0. The number of esters is 1. The zero-order chi connectivity index (χ0) is 16.7. The van der Waals surface area contributed by atoms with Gasteiger partial charge in [-0.1, -0.05) is 24.3 Å². The largest absolute Gasteiger partial charge is 0.466 e. The molecule has 1 saturated heterocycles. The molecule has 3 heterocycles. The smallest absolute Gasteiger partial charge is 0.336 e. The van der Waals surface area contributed by atoms with Crippen molar-refractivity contribution in [3.63, 3.8) is 0 Å². The zero-order valence-electron chi connectivity index (χ0n) is 14.0. The monoisotopic (exact) mass is 323 g/mol. The molecule has 4 nitrogen and oxygen atoms in total. The van der Waals surface area contributed by atoms with Crippen LogP contribution >= 0.6 is 0 Å². The molecule has 0 aliphatic carbocycles. The molecule has 2 aliphatic heterocycles. The summed E-state index contributed by atoms with van der Waals surface area (Å²) in [5, 5.41) is 0. The summed E-state index contributed by atoms with van der Waals surface area (Å²) in [5.41, 5.74) is 5.22. The molecule has 2 aromatic rings. The lowest BCUT2D eigenvalue weighted by Gasteiger charge is -2.26. The van der Waals surface area contributed by atoms with E-state index in [2.05, 4.69) is 34.9 Å². The van der Waals surface area contributed by atoms with Gasteiger partial charge in [-0.2, -0.15) is 0 Å². The van der Waals surface area contributed by atoms with Crippen LogP contribution in [0.2, 0.25) is 0 Å². The summed E-state index contributed by atoms with van der Waals surface area (Å²) < 4.78 is 13.0. The molecule has 0 radical (unpaired) electrons. The van der Waals surface area contributed by atoms with E-state index in [0.717, 1.165) is 30.4 Å². The highest BCUT2D eigenvalue weighted by Crippen LogP contribution is 2.41. The molecule has 0 saturated carbocycles. The van der Waals surface area contributed by atoms with E-state index in [1.54, 1.807) is 0 Å². The van der Waals surface area contributed by atoms with Gasteiger partial charge in [0, 0.05) is 18.9 Å². The van der Waals surface area contributed by atoms with Gasteiger partial charge < -0.3 is 14.0 Å². The molecule has 2 bridgehead atoms. The number of aromatic nitrogens is 1. The predicted molar refractivity (Wildman–Crippen MR) is 92.3 cm³/mol. The molecular formula is C20H21NO3. The lowest BCUT2D eigenvalue weighted by atomic mass is 9.91. The first-order chi connectivity index (χ1) is 11.7. The fraction of sp³-hybridized carbons (Fsp3) is 0.350. The molecule has 2 atom stereocenters. The number of nitrogens with zero attached hydrogens (tertiary/aromatic N) is 1. The third-order valence-electron chi connectivity index (χ3n) is 5.06. The standard InChI is InChI=1S/C20H21NO3/c1-21-11-3-4-17(21)14-7-5-13(6-8-14)16-12-15-9-10-18(24-15)19(16)20(22)23-2/h3-8,11,15,18H,9-10,12H2,1-2H3. The second-order valence-electron chi connectivity index (χ2n) is 6.49. The maximum Gasteiger partial charge on any atom is 0.336 e. The molecule has 1 aromatic carbocycles. The fourth-order valence-electron chi connectivity index (χ4n) is 3.84. The van der Waals surface area contributed by atoms with Crippen LogP contribution in [0, 0.1) is 0 Å². The van der Waals surface area contributed by atoms with Crippen molar-refractivity contribution in [2.75, 3.05) is 7.11 Å². The highest BCUT2D eigenvalue weighted by Gasteiger charge is 2.39. The topological polar surface area (TPSA) is 40.5 Å². The van der Waals surface area contributed by atoms with Crippen LogP contribution in [0.4, 0.5) is 0 Å². The average molecular weight is 323 g/mol. The van der Waals surface area contributed by atoms with Crippen LogP contribution in [0.1, 0.15) is 24.8 Å². The summed E-state index contributed by atoms with van der Waals surface area (Å²) >= 11 is 0. The van der Waals surface area contributed by atoms with Gasteiger partial charge in [0.15, 0.2) is 0 Å². The Labute approximate surface area is 141 Å². The number of aryl methyl sites for hydroxylation is 1. The van der Waals surface area contributed by atoms with Gasteiger partial charge in [-0.25, -0.2) is 4.79 Å². The van der Waals surface area contributed by atoms with Crippen LogP contribution < -0.4 is 0 Å². The molecule has 0 N–H and O–H groups in total. The van der Waals surface area contributed by atoms with Gasteiger partial charge in [0.25, 0.3) is 0 Å². The number of benzene rings is 1. The number of ether oxygens (including phenoxy) is 2. The van der Waals surface area contributed by atoms with Gasteiger partial charge >= 0.3 is 5.97 Å². The van der Waals surface area contributed by atoms with Gasteiger partial charge in [0.05, 0.1) is 24.9 Å². The third-order valence-corrected chi connectivity index (χ3v) is 5.06. The number of fused-ring (bicyclic) bond motifs is 2.